The highest BCUT2D eigenvalue weighted by Gasteiger charge is 2.27. The Morgan fingerprint density at radius 3 is 2.65 bits per heavy atom. The molecule has 2 saturated heterocycles. The summed E-state index contributed by atoms with van der Waals surface area (Å²) in [7, 11) is -3.36. The molecule has 1 aromatic heterocycles. The van der Waals surface area contributed by atoms with Crippen molar-refractivity contribution in [3.8, 4) is 0 Å². The molecule has 1 N–H and O–H groups in total. The molecule has 2 aliphatic rings. The maximum atomic E-state index is 12.5. The molecule has 0 radical (unpaired) electrons. The summed E-state index contributed by atoms with van der Waals surface area (Å²) in [5.74, 6) is 0.744. The molecule has 0 bridgehead atoms. The SMILES string of the molecule is CCN1CCC[C@@H]1CNc1ccc(S(=O)(=O)N2CCCC2)cn1. The van der Waals surface area contributed by atoms with Crippen molar-refractivity contribution in [2.24, 2.45) is 0 Å². The molecule has 128 valence electrons. The molecule has 6 nitrogen and oxygen atoms in total. The molecule has 3 rings (SSSR count). The molecule has 0 aromatic carbocycles. The van der Waals surface area contributed by atoms with Gasteiger partial charge in [0.25, 0.3) is 0 Å². The van der Waals surface area contributed by atoms with Gasteiger partial charge >= 0.3 is 0 Å². The van der Waals surface area contributed by atoms with Crippen molar-refractivity contribution >= 4 is 15.8 Å². The minimum Gasteiger partial charge on any atom is -0.369 e. The third-order valence-electron chi connectivity index (χ3n) is 4.86. The van der Waals surface area contributed by atoms with Crippen LogP contribution in [-0.4, -0.2) is 61.4 Å². The summed E-state index contributed by atoms with van der Waals surface area (Å²) in [5.41, 5.74) is 0. The molecule has 0 saturated carbocycles. The van der Waals surface area contributed by atoms with E-state index in [4.69, 9.17) is 0 Å². The summed E-state index contributed by atoms with van der Waals surface area (Å²) in [5, 5.41) is 3.34. The number of hydrogen-bond acceptors (Lipinski definition) is 5. The van der Waals surface area contributed by atoms with Crippen molar-refractivity contribution in [1.29, 1.82) is 0 Å². The number of rotatable bonds is 6. The Hall–Kier alpha value is -1.18. The molecule has 2 fully saturated rings. The van der Waals surface area contributed by atoms with Gasteiger partial charge in [-0.1, -0.05) is 6.92 Å². The predicted octanol–water partition coefficient (Wildman–Crippen LogP) is 1.76. The highest BCUT2D eigenvalue weighted by atomic mass is 32.2. The number of nitrogens with zero attached hydrogens (tertiary/aromatic N) is 3. The van der Waals surface area contributed by atoms with Crippen molar-refractivity contribution in [3.63, 3.8) is 0 Å². The lowest BCUT2D eigenvalue weighted by Gasteiger charge is -2.23. The van der Waals surface area contributed by atoms with E-state index in [1.165, 1.54) is 25.6 Å². The van der Waals surface area contributed by atoms with E-state index in [-0.39, 0.29) is 0 Å². The lowest BCUT2D eigenvalue weighted by atomic mass is 10.2. The molecule has 2 aliphatic heterocycles. The third kappa shape index (κ3) is 3.67. The Labute approximate surface area is 138 Å². The molecule has 0 unspecified atom stereocenters. The third-order valence-corrected chi connectivity index (χ3v) is 6.75. The van der Waals surface area contributed by atoms with E-state index in [0.29, 0.717) is 24.0 Å². The topological polar surface area (TPSA) is 65.5 Å². The summed E-state index contributed by atoms with van der Waals surface area (Å²) in [4.78, 5) is 7.06. The number of sulfonamides is 1. The Balaban J connectivity index is 1.61. The number of likely N-dealkylation sites (tertiary alicyclic amines) is 1. The normalized spacial score (nSPS) is 23.4. The number of pyridine rings is 1. The molecule has 23 heavy (non-hydrogen) atoms. The Morgan fingerprint density at radius 1 is 1.22 bits per heavy atom. The molecule has 3 heterocycles. The van der Waals surface area contributed by atoms with Crippen molar-refractivity contribution in [1.82, 2.24) is 14.2 Å². The fourth-order valence-electron chi connectivity index (χ4n) is 3.48. The summed E-state index contributed by atoms with van der Waals surface area (Å²) in [6, 6.07) is 3.98. The van der Waals surface area contributed by atoms with Crippen LogP contribution < -0.4 is 5.32 Å². The molecule has 1 atom stereocenters. The quantitative estimate of drug-likeness (QED) is 0.856. The van der Waals surface area contributed by atoms with Crippen LogP contribution >= 0.6 is 0 Å². The van der Waals surface area contributed by atoms with Crippen LogP contribution in [0.5, 0.6) is 0 Å². The maximum absolute atomic E-state index is 12.5. The molecule has 0 spiro atoms. The van der Waals surface area contributed by atoms with E-state index in [2.05, 4.69) is 22.1 Å². The van der Waals surface area contributed by atoms with Gasteiger partial charge < -0.3 is 5.32 Å². The lowest BCUT2D eigenvalue weighted by Crippen LogP contribution is -2.34. The standard InChI is InChI=1S/C16H26N4O2S/c1-2-19-9-5-6-14(19)12-17-16-8-7-15(13-18-16)23(21,22)20-10-3-4-11-20/h7-8,13-14H,2-6,9-12H2,1H3,(H,17,18)/t14-/m1/s1. The molecule has 1 aromatic rings. The smallest absolute Gasteiger partial charge is 0.244 e. The second-order valence-corrected chi connectivity index (χ2v) is 8.23. The van der Waals surface area contributed by atoms with Crippen molar-refractivity contribution in [2.75, 3.05) is 38.0 Å². The minimum absolute atomic E-state index is 0.293. The molecular formula is C16H26N4O2S. The van der Waals surface area contributed by atoms with Crippen LogP contribution in [0.15, 0.2) is 23.2 Å². The van der Waals surface area contributed by atoms with Crippen LogP contribution in [-0.2, 0) is 10.0 Å². The van der Waals surface area contributed by atoms with Crippen molar-refractivity contribution in [2.45, 2.75) is 43.5 Å². The first-order chi connectivity index (χ1) is 11.1. The Bertz CT molecular complexity index is 611. The number of likely N-dealkylation sites (N-methyl/N-ethyl adjacent to an activating group) is 1. The van der Waals surface area contributed by atoms with Crippen molar-refractivity contribution in [3.05, 3.63) is 18.3 Å². The van der Waals surface area contributed by atoms with E-state index in [1.807, 2.05) is 0 Å². The minimum atomic E-state index is -3.36. The second-order valence-electron chi connectivity index (χ2n) is 6.30. The average Bonchev–Trinajstić information content (AvgIpc) is 3.24. The first-order valence-electron chi connectivity index (χ1n) is 8.55. The van der Waals surface area contributed by atoms with Crippen LogP contribution in [0.3, 0.4) is 0 Å². The van der Waals surface area contributed by atoms with Gasteiger partial charge in [0.15, 0.2) is 0 Å². The number of aromatic nitrogens is 1. The zero-order valence-corrected chi connectivity index (χ0v) is 14.6. The highest BCUT2D eigenvalue weighted by Crippen LogP contribution is 2.21. The molecule has 0 amide bonds. The van der Waals surface area contributed by atoms with Crippen molar-refractivity contribution < 1.29 is 8.42 Å². The van der Waals surface area contributed by atoms with Gasteiger partial charge in [-0.25, -0.2) is 13.4 Å². The molecule has 0 aliphatic carbocycles. The van der Waals surface area contributed by atoms with Crippen LogP contribution in [0.1, 0.15) is 32.6 Å². The number of nitrogens with one attached hydrogen (secondary N) is 1. The van der Waals surface area contributed by atoms with Gasteiger partial charge in [0.05, 0.1) is 0 Å². The van der Waals surface area contributed by atoms with Gasteiger partial charge in [-0.15, -0.1) is 0 Å². The summed E-state index contributed by atoms with van der Waals surface area (Å²) >= 11 is 0. The zero-order valence-electron chi connectivity index (χ0n) is 13.7. The van der Waals surface area contributed by atoms with Gasteiger partial charge in [-0.2, -0.15) is 4.31 Å². The van der Waals surface area contributed by atoms with E-state index in [0.717, 1.165) is 31.7 Å². The molecule has 7 heteroatoms. The first-order valence-corrected chi connectivity index (χ1v) is 9.99. The van der Waals surface area contributed by atoms with Gasteiger partial charge in [-0.3, -0.25) is 4.90 Å². The first kappa shape index (κ1) is 16.7. The fourth-order valence-corrected chi connectivity index (χ4v) is 4.94. The van der Waals surface area contributed by atoms with Gasteiger partial charge in [0.2, 0.25) is 10.0 Å². The lowest BCUT2D eigenvalue weighted by molar-refractivity contribution is 0.277. The Kier molecular flexibility index (Phi) is 5.18. The second kappa shape index (κ2) is 7.15. The van der Waals surface area contributed by atoms with Crippen LogP contribution in [0.2, 0.25) is 0 Å². The zero-order chi connectivity index (χ0) is 16.3. The van der Waals surface area contributed by atoms with Gasteiger partial charge in [0.1, 0.15) is 10.7 Å². The molecular weight excluding hydrogens is 312 g/mol. The number of anilines is 1. The summed E-state index contributed by atoms with van der Waals surface area (Å²) in [6.45, 7) is 6.54. The maximum Gasteiger partial charge on any atom is 0.244 e. The van der Waals surface area contributed by atoms with E-state index < -0.39 is 10.0 Å². The Morgan fingerprint density at radius 2 is 2.00 bits per heavy atom. The highest BCUT2D eigenvalue weighted by molar-refractivity contribution is 7.89. The van der Waals surface area contributed by atoms with Crippen LogP contribution in [0.4, 0.5) is 5.82 Å². The van der Waals surface area contributed by atoms with Gasteiger partial charge in [0, 0.05) is 31.9 Å². The van der Waals surface area contributed by atoms with E-state index in [1.54, 1.807) is 16.4 Å². The van der Waals surface area contributed by atoms with Crippen LogP contribution in [0.25, 0.3) is 0 Å². The van der Waals surface area contributed by atoms with E-state index >= 15 is 0 Å². The predicted molar refractivity (Wildman–Crippen MR) is 91.0 cm³/mol. The fraction of sp³-hybridized carbons (Fsp3) is 0.688. The van der Waals surface area contributed by atoms with E-state index in [9.17, 15) is 8.42 Å². The summed E-state index contributed by atoms with van der Waals surface area (Å²) < 4.78 is 26.5. The van der Waals surface area contributed by atoms with Gasteiger partial charge in [-0.05, 0) is 50.9 Å². The average molecular weight is 338 g/mol. The number of hydrogen-bond donors (Lipinski definition) is 1. The monoisotopic (exact) mass is 338 g/mol. The van der Waals surface area contributed by atoms with Crippen LogP contribution in [0, 0.1) is 0 Å². The summed E-state index contributed by atoms with van der Waals surface area (Å²) in [6.07, 6.45) is 5.83. The largest absolute Gasteiger partial charge is 0.369 e.